The standard InChI is InChI=1S/C15H15N3O/c1-11(2)19-13-5-3-12(4-6-13)14-10-18-8-7-16-15(18)9-17-14/h3-11H,1-2H3. The molecule has 0 amide bonds. The van der Waals surface area contributed by atoms with E-state index in [4.69, 9.17) is 4.74 Å². The Bertz CT molecular complexity index is 686. The van der Waals surface area contributed by atoms with Crippen LogP contribution in [0.4, 0.5) is 0 Å². The Labute approximate surface area is 111 Å². The average Bonchev–Trinajstić information content (AvgIpc) is 2.86. The van der Waals surface area contributed by atoms with Gasteiger partial charge >= 0.3 is 0 Å². The molecule has 4 nitrogen and oxygen atoms in total. The first-order valence-corrected chi connectivity index (χ1v) is 6.28. The zero-order chi connectivity index (χ0) is 13.2. The van der Waals surface area contributed by atoms with Crippen molar-refractivity contribution < 1.29 is 4.74 Å². The molecule has 19 heavy (non-hydrogen) atoms. The monoisotopic (exact) mass is 253 g/mol. The van der Waals surface area contributed by atoms with Crippen LogP contribution in [0.2, 0.25) is 0 Å². The lowest BCUT2D eigenvalue weighted by Crippen LogP contribution is -2.05. The highest BCUT2D eigenvalue weighted by atomic mass is 16.5. The van der Waals surface area contributed by atoms with Gasteiger partial charge in [0.25, 0.3) is 0 Å². The minimum absolute atomic E-state index is 0.186. The quantitative estimate of drug-likeness (QED) is 0.719. The summed E-state index contributed by atoms with van der Waals surface area (Å²) in [6, 6.07) is 7.97. The van der Waals surface area contributed by atoms with E-state index in [2.05, 4.69) is 9.97 Å². The second-order valence-electron chi connectivity index (χ2n) is 4.66. The normalized spacial score (nSPS) is 11.1. The van der Waals surface area contributed by atoms with Crippen LogP contribution in [-0.4, -0.2) is 20.5 Å². The van der Waals surface area contributed by atoms with Gasteiger partial charge < -0.3 is 9.14 Å². The van der Waals surface area contributed by atoms with Crippen molar-refractivity contribution in [1.29, 1.82) is 0 Å². The summed E-state index contributed by atoms with van der Waals surface area (Å²) in [5.41, 5.74) is 2.83. The molecule has 4 heteroatoms. The zero-order valence-electron chi connectivity index (χ0n) is 10.9. The van der Waals surface area contributed by atoms with E-state index in [0.717, 1.165) is 22.7 Å². The molecule has 0 aliphatic carbocycles. The summed E-state index contributed by atoms with van der Waals surface area (Å²) >= 11 is 0. The number of hydrogen-bond donors (Lipinski definition) is 0. The van der Waals surface area contributed by atoms with Gasteiger partial charge in [0.05, 0.1) is 18.0 Å². The van der Waals surface area contributed by atoms with Gasteiger partial charge in [0.2, 0.25) is 0 Å². The third-order valence-electron chi connectivity index (χ3n) is 2.80. The number of hydrogen-bond acceptors (Lipinski definition) is 3. The molecule has 0 saturated heterocycles. The molecule has 0 radical (unpaired) electrons. The Kier molecular flexibility index (Phi) is 2.91. The van der Waals surface area contributed by atoms with E-state index in [9.17, 15) is 0 Å². The summed E-state index contributed by atoms with van der Waals surface area (Å²) in [4.78, 5) is 8.60. The summed E-state index contributed by atoms with van der Waals surface area (Å²) < 4.78 is 7.59. The first-order chi connectivity index (χ1) is 9.22. The van der Waals surface area contributed by atoms with Gasteiger partial charge in [-0.15, -0.1) is 0 Å². The van der Waals surface area contributed by atoms with Crippen LogP contribution in [-0.2, 0) is 0 Å². The molecule has 0 unspecified atom stereocenters. The van der Waals surface area contributed by atoms with E-state index in [0.29, 0.717) is 0 Å². The minimum Gasteiger partial charge on any atom is -0.491 e. The highest BCUT2D eigenvalue weighted by Crippen LogP contribution is 2.21. The van der Waals surface area contributed by atoms with Crippen molar-refractivity contribution in [2.45, 2.75) is 20.0 Å². The molecule has 0 aliphatic heterocycles. The molecular formula is C15H15N3O. The lowest BCUT2D eigenvalue weighted by atomic mass is 10.1. The predicted octanol–water partition coefficient (Wildman–Crippen LogP) is 3.18. The maximum atomic E-state index is 5.63. The van der Waals surface area contributed by atoms with E-state index < -0.39 is 0 Å². The van der Waals surface area contributed by atoms with Crippen LogP contribution in [0.15, 0.2) is 49.1 Å². The maximum Gasteiger partial charge on any atom is 0.155 e. The highest BCUT2D eigenvalue weighted by Gasteiger charge is 2.03. The van der Waals surface area contributed by atoms with E-state index in [1.807, 2.05) is 54.9 Å². The first kappa shape index (κ1) is 11.7. The topological polar surface area (TPSA) is 39.4 Å². The molecule has 1 aromatic carbocycles. The molecular weight excluding hydrogens is 238 g/mol. The summed E-state index contributed by atoms with van der Waals surface area (Å²) in [5.74, 6) is 0.877. The van der Waals surface area contributed by atoms with Crippen LogP contribution in [0.3, 0.4) is 0 Å². The van der Waals surface area contributed by atoms with E-state index in [1.165, 1.54) is 0 Å². The molecule has 2 heterocycles. The van der Waals surface area contributed by atoms with Crippen molar-refractivity contribution in [3.63, 3.8) is 0 Å². The van der Waals surface area contributed by atoms with E-state index >= 15 is 0 Å². The minimum atomic E-state index is 0.186. The third-order valence-corrected chi connectivity index (χ3v) is 2.80. The highest BCUT2D eigenvalue weighted by molar-refractivity contribution is 5.60. The number of imidazole rings is 1. The third kappa shape index (κ3) is 2.42. The van der Waals surface area contributed by atoms with Crippen molar-refractivity contribution >= 4 is 5.65 Å². The van der Waals surface area contributed by atoms with Gasteiger partial charge in [-0.1, -0.05) is 0 Å². The average molecular weight is 253 g/mol. The number of aromatic nitrogens is 3. The number of fused-ring (bicyclic) bond motifs is 1. The summed E-state index contributed by atoms with van der Waals surface area (Å²) in [5, 5.41) is 0. The van der Waals surface area contributed by atoms with Crippen molar-refractivity contribution in [2.24, 2.45) is 0 Å². The summed E-state index contributed by atoms with van der Waals surface area (Å²) in [6.45, 7) is 4.03. The number of ether oxygens (including phenoxy) is 1. The summed E-state index contributed by atoms with van der Waals surface area (Å²) in [7, 11) is 0. The lowest BCUT2D eigenvalue weighted by Gasteiger charge is -2.10. The fourth-order valence-electron chi connectivity index (χ4n) is 1.95. The smallest absolute Gasteiger partial charge is 0.155 e. The van der Waals surface area contributed by atoms with Gasteiger partial charge in [-0.2, -0.15) is 0 Å². The number of nitrogens with zero attached hydrogens (tertiary/aromatic N) is 3. The van der Waals surface area contributed by atoms with Gasteiger partial charge in [-0.3, -0.25) is 4.98 Å². The Morgan fingerprint density at radius 1 is 1.11 bits per heavy atom. The molecule has 0 bridgehead atoms. The van der Waals surface area contributed by atoms with Crippen LogP contribution in [0.25, 0.3) is 16.9 Å². The number of rotatable bonds is 3. The summed E-state index contributed by atoms with van der Waals surface area (Å²) in [6.07, 6.45) is 7.61. The maximum absolute atomic E-state index is 5.63. The second-order valence-corrected chi connectivity index (χ2v) is 4.66. The molecule has 0 saturated carbocycles. The molecule has 3 rings (SSSR count). The van der Waals surface area contributed by atoms with Crippen LogP contribution < -0.4 is 4.74 Å². The first-order valence-electron chi connectivity index (χ1n) is 6.28. The SMILES string of the molecule is CC(C)Oc1ccc(-c2cn3ccnc3cn2)cc1. The van der Waals surface area contributed by atoms with Crippen molar-refractivity contribution in [1.82, 2.24) is 14.4 Å². The number of benzene rings is 1. The molecule has 0 aliphatic rings. The van der Waals surface area contributed by atoms with Crippen molar-refractivity contribution in [3.05, 3.63) is 49.1 Å². The lowest BCUT2D eigenvalue weighted by molar-refractivity contribution is 0.242. The van der Waals surface area contributed by atoms with Crippen molar-refractivity contribution in [3.8, 4) is 17.0 Å². The zero-order valence-corrected chi connectivity index (χ0v) is 10.9. The van der Waals surface area contributed by atoms with E-state index in [1.54, 1.807) is 12.4 Å². The predicted molar refractivity (Wildman–Crippen MR) is 74.2 cm³/mol. The molecule has 0 N–H and O–H groups in total. The molecule has 3 aromatic rings. The van der Waals surface area contributed by atoms with Gasteiger partial charge in [0, 0.05) is 24.2 Å². The van der Waals surface area contributed by atoms with Gasteiger partial charge in [0.15, 0.2) is 5.65 Å². The molecule has 96 valence electrons. The van der Waals surface area contributed by atoms with E-state index in [-0.39, 0.29) is 6.10 Å². The molecule has 0 atom stereocenters. The Balaban J connectivity index is 1.92. The van der Waals surface area contributed by atoms with Gasteiger partial charge in [-0.25, -0.2) is 4.98 Å². The fraction of sp³-hybridized carbons (Fsp3) is 0.200. The Morgan fingerprint density at radius 3 is 2.63 bits per heavy atom. The van der Waals surface area contributed by atoms with Gasteiger partial charge in [-0.05, 0) is 38.1 Å². The van der Waals surface area contributed by atoms with Crippen LogP contribution in [0.5, 0.6) is 5.75 Å². The molecule has 2 aromatic heterocycles. The second kappa shape index (κ2) is 4.72. The van der Waals surface area contributed by atoms with Crippen LogP contribution >= 0.6 is 0 Å². The Hall–Kier alpha value is -2.36. The largest absolute Gasteiger partial charge is 0.491 e. The van der Waals surface area contributed by atoms with Crippen LogP contribution in [0.1, 0.15) is 13.8 Å². The molecule has 0 spiro atoms. The fourth-order valence-corrected chi connectivity index (χ4v) is 1.95. The van der Waals surface area contributed by atoms with Crippen LogP contribution in [0, 0.1) is 0 Å². The van der Waals surface area contributed by atoms with Crippen molar-refractivity contribution in [2.75, 3.05) is 0 Å². The van der Waals surface area contributed by atoms with Gasteiger partial charge in [0.1, 0.15) is 5.75 Å². The Morgan fingerprint density at radius 2 is 1.89 bits per heavy atom. The molecule has 0 fully saturated rings.